The topological polar surface area (TPSA) is 12.0 Å². The molecule has 0 saturated heterocycles. The zero-order chi connectivity index (χ0) is 14.7. The molecule has 1 aromatic carbocycles. The van der Waals surface area contributed by atoms with E-state index in [4.69, 9.17) is 0 Å². The van der Waals surface area contributed by atoms with Crippen LogP contribution < -0.4 is 5.32 Å². The zero-order valence-electron chi connectivity index (χ0n) is 11.4. The smallest absolute Gasteiger partial charge is 0.312 e. The molecule has 0 unspecified atom stereocenters. The Labute approximate surface area is 111 Å². The summed E-state index contributed by atoms with van der Waals surface area (Å²) in [5, 5.41) is 3.00. The number of alkyl halides is 3. The van der Waals surface area contributed by atoms with E-state index in [1.807, 2.05) is 20.8 Å². The molecule has 0 bridgehead atoms. The van der Waals surface area contributed by atoms with Crippen LogP contribution in [0.1, 0.15) is 38.3 Å². The number of nitrogens with one attached hydrogen (secondary N) is 1. The molecule has 1 aromatic rings. The molecular weight excluding hydrogens is 258 g/mol. The average Bonchev–Trinajstić information content (AvgIpc) is 2.29. The summed E-state index contributed by atoms with van der Waals surface area (Å²) in [5.74, 6) is -0.870. The molecule has 0 heterocycles. The van der Waals surface area contributed by atoms with E-state index < -0.39 is 17.6 Å². The lowest BCUT2D eigenvalue weighted by Gasteiger charge is -2.23. The lowest BCUT2D eigenvalue weighted by Crippen LogP contribution is -2.29. The predicted molar refractivity (Wildman–Crippen MR) is 67.2 cm³/mol. The Kier molecular flexibility index (Phi) is 4.96. The third kappa shape index (κ3) is 4.82. The summed E-state index contributed by atoms with van der Waals surface area (Å²) in [6.07, 6.45) is -3.60. The molecule has 0 aromatic heterocycles. The van der Waals surface area contributed by atoms with E-state index in [1.165, 1.54) is 6.07 Å². The van der Waals surface area contributed by atoms with Crippen LogP contribution in [-0.2, 0) is 12.7 Å². The number of rotatable bonds is 5. The van der Waals surface area contributed by atoms with Crippen molar-refractivity contribution in [3.63, 3.8) is 0 Å². The van der Waals surface area contributed by atoms with Crippen LogP contribution in [0.5, 0.6) is 0 Å². The van der Waals surface area contributed by atoms with Gasteiger partial charge in [-0.25, -0.2) is 4.39 Å². The van der Waals surface area contributed by atoms with Gasteiger partial charge < -0.3 is 5.32 Å². The number of hydrogen-bond acceptors (Lipinski definition) is 1. The molecule has 0 atom stereocenters. The quantitative estimate of drug-likeness (QED) is 0.788. The van der Waals surface area contributed by atoms with Crippen LogP contribution in [0.15, 0.2) is 18.2 Å². The van der Waals surface area contributed by atoms with Crippen LogP contribution in [0.25, 0.3) is 0 Å². The molecule has 0 aliphatic carbocycles. The molecule has 0 radical (unpaired) electrons. The van der Waals surface area contributed by atoms with Crippen molar-refractivity contribution < 1.29 is 17.6 Å². The van der Waals surface area contributed by atoms with Crippen molar-refractivity contribution in [3.05, 3.63) is 35.1 Å². The van der Waals surface area contributed by atoms with Crippen LogP contribution >= 0.6 is 0 Å². The van der Waals surface area contributed by atoms with Crippen LogP contribution in [0.4, 0.5) is 17.6 Å². The molecule has 0 spiro atoms. The van der Waals surface area contributed by atoms with E-state index in [0.29, 0.717) is 12.6 Å². The summed E-state index contributed by atoms with van der Waals surface area (Å²) in [4.78, 5) is 0. The highest BCUT2D eigenvalue weighted by atomic mass is 19.4. The lowest BCUT2D eigenvalue weighted by molar-refractivity contribution is -0.138. The van der Waals surface area contributed by atoms with Crippen LogP contribution in [0.3, 0.4) is 0 Å². The summed E-state index contributed by atoms with van der Waals surface area (Å²) in [6, 6.07) is 2.78. The van der Waals surface area contributed by atoms with E-state index in [2.05, 4.69) is 5.32 Å². The van der Waals surface area contributed by atoms with Gasteiger partial charge in [0.25, 0.3) is 0 Å². The minimum atomic E-state index is -4.53. The molecular formula is C14H19F4N. The van der Waals surface area contributed by atoms with E-state index in [9.17, 15) is 17.6 Å². The maximum atomic E-state index is 12.9. The monoisotopic (exact) mass is 277 g/mol. The molecule has 1 nitrogen and oxygen atoms in total. The average molecular weight is 277 g/mol. The highest BCUT2D eigenvalue weighted by Crippen LogP contribution is 2.32. The first-order valence-electron chi connectivity index (χ1n) is 6.22. The molecule has 0 saturated carbocycles. The second kappa shape index (κ2) is 5.90. The Hall–Kier alpha value is -1.10. The minimum Gasteiger partial charge on any atom is -0.312 e. The van der Waals surface area contributed by atoms with Gasteiger partial charge in [0, 0.05) is 13.1 Å². The lowest BCUT2D eigenvalue weighted by atomic mass is 9.90. The van der Waals surface area contributed by atoms with Crippen LogP contribution in [0.2, 0.25) is 0 Å². The van der Waals surface area contributed by atoms with Crippen molar-refractivity contribution in [2.24, 2.45) is 5.41 Å². The largest absolute Gasteiger partial charge is 0.416 e. The first-order valence-corrected chi connectivity index (χ1v) is 6.22. The summed E-state index contributed by atoms with van der Waals surface area (Å²) in [6.45, 7) is 6.79. The molecule has 0 aliphatic heterocycles. The maximum absolute atomic E-state index is 12.9. The normalized spacial score (nSPS) is 12.8. The van der Waals surface area contributed by atoms with Crippen LogP contribution in [0, 0.1) is 11.2 Å². The van der Waals surface area contributed by atoms with Gasteiger partial charge in [-0.05, 0) is 29.5 Å². The fraction of sp³-hybridized carbons (Fsp3) is 0.571. The first kappa shape index (κ1) is 16.0. The summed E-state index contributed by atoms with van der Waals surface area (Å²) in [5.41, 5.74) is -0.812. The Balaban J connectivity index is 2.79. The predicted octanol–water partition coefficient (Wildman–Crippen LogP) is 4.37. The molecule has 1 rings (SSSR count). The zero-order valence-corrected chi connectivity index (χ0v) is 11.4. The van der Waals surface area contributed by atoms with Gasteiger partial charge in [0.1, 0.15) is 5.82 Å². The van der Waals surface area contributed by atoms with Gasteiger partial charge in [-0.2, -0.15) is 13.2 Å². The van der Waals surface area contributed by atoms with Gasteiger partial charge in [0.15, 0.2) is 0 Å². The van der Waals surface area contributed by atoms with Crippen LogP contribution in [-0.4, -0.2) is 6.54 Å². The number of hydrogen-bond donors (Lipinski definition) is 1. The molecule has 19 heavy (non-hydrogen) atoms. The van der Waals surface area contributed by atoms with Crippen molar-refractivity contribution >= 4 is 0 Å². The maximum Gasteiger partial charge on any atom is 0.416 e. The third-order valence-electron chi connectivity index (χ3n) is 3.25. The van der Waals surface area contributed by atoms with E-state index in [-0.39, 0.29) is 17.5 Å². The third-order valence-corrected chi connectivity index (χ3v) is 3.25. The van der Waals surface area contributed by atoms with Crippen molar-refractivity contribution in [2.75, 3.05) is 6.54 Å². The summed E-state index contributed by atoms with van der Waals surface area (Å²) < 4.78 is 51.2. The standard InChI is InChI=1S/C14H19F4N/c1-4-13(2,3)9-19-8-10-5-6-11(15)7-12(10)14(16,17)18/h5-7,19H,4,8-9H2,1-3H3. The van der Waals surface area contributed by atoms with Crippen molar-refractivity contribution in [1.82, 2.24) is 5.32 Å². The molecule has 0 fully saturated rings. The van der Waals surface area contributed by atoms with Gasteiger partial charge in [-0.1, -0.05) is 26.8 Å². The van der Waals surface area contributed by atoms with Gasteiger partial charge in [0.2, 0.25) is 0 Å². The molecule has 108 valence electrons. The van der Waals surface area contributed by atoms with Gasteiger partial charge >= 0.3 is 6.18 Å². The summed E-state index contributed by atoms with van der Waals surface area (Å²) in [7, 11) is 0. The van der Waals surface area contributed by atoms with Crippen molar-refractivity contribution in [2.45, 2.75) is 39.9 Å². The highest BCUT2D eigenvalue weighted by Gasteiger charge is 2.33. The second-order valence-corrected chi connectivity index (χ2v) is 5.42. The molecule has 5 heteroatoms. The molecule has 0 aliphatic rings. The van der Waals surface area contributed by atoms with Gasteiger partial charge in [-0.3, -0.25) is 0 Å². The Bertz CT molecular complexity index is 424. The number of benzene rings is 1. The SMILES string of the molecule is CCC(C)(C)CNCc1ccc(F)cc1C(F)(F)F. The van der Waals surface area contributed by atoms with E-state index in [0.717, 1.165) is 12.5 Å². The Morgan fingerprint density at radius 2 is 1.79 bits per heavy atom. The first-order chi connectivity index (χ1) is 8.65. The number of halogens is 4. The minimum absolute atomic E-state index is 0.0262. The molecule has 1 N–H and O–H groups in total. The second-order valence-electron chi connectivity index (χ2n) is 5.42. The van der Waals surface area contributed by atoms with E-state index in [1.54, 1.807) is 0 Å². The van der Waals surface area contributed by atoms with Crippen molar-refractivity contribution in [3.8, 4) is 0 Å². The molecule has 0 amide bonds. The van der Waals surface area contributed by atoms with Gasteiger partial charge in [-0.15, -0.1) is 0 Å². The Morgan fingerprint density at radius 1 is 1.16 bits per heavy atom. The fourth-order valence-corrected chi connectivity index (χ4v) is 1.63. The fourth-order valence-electron chi connectivity index (χ4n) is 1.63. The highest BCUT2D eigenvalue weighted by molar-refractivity contribution is 5.30. The summed E-state index contributed by atoms with van der Waals surface area (Å²) >= 11 is 0. The van der Waals surface area contributed by atoms with E-state index >= 15 is 0 Å². The Morgan fingerprint density at radius 3 is 2.32 bits per heavy atom. The van der Waals surface area contributed by atoms with Gasteiger partial charge in [0.05, 0.1) is 5.56 Å². The van der Waals surface area contributed by atoms with Crippen molar-refractivity contribution in [1.29, 1.82) is 0 Å².